The Hall–Kier alpha value is -2.77. The molecule has 0 aliphatic carbocycles. The van der Waals surface area contributed by atoms with E-state index < -0.39 is 33.9 Å². The molecule has 13 heteroatoms. The van der Waals surface area contributed by atoms with Crippen molar-refractivity contribution in [3.63, 3.8) is 0 Å². The van der Waals surface area contributed by atoms with Gasteiger partial charge in [-0.1, -0.05) is 0 Å². The maximum Gasteiger partial charge on any atom is 0.417 e. The van der Waals surface area contributed by atoms with Crippen LogP contribution in [0.3, 0.4) is 0 Å². The lowest BCUT2D eigenvalue weighted by atomic mass is 10.1. The lowest BCUT2D eigenvalue weighted by Gasteiger charge is -2.36. The van der Waals surface area contributed by atoms with Gasteiger partial charge in [-0.3, -0.25) is 4.40 Å². The molecule has 0 amide bonds. The minimum atomic E-state index is -4.49. The smallest absolute Gasteiger partial charge is 0.373 e. The van der Waals surface area contributed by atoms with Gasteiger partial charge in [0.1, 0.15) is 17.2 Å². The molecule has 0 aromatic carbocycles. The van der Waals surface area contributed by atoms with Crippen LogP contribution in [-0.2, 0) is 20.9 Å². The Morgan fingerprint density at radius 1 is 1.25 bits per heavy atom. The third-order valence-electron chi connectivity index (χ3n) is 5.08. The zero-order valence-corrected chi connectivity index (χ0v) is 18.1. The second kappa shape index (κ2) is 8.30. The molecule has 32 heavy (non-hydrogen) atoms. The first kappa shape index (κ1) is 22.4. The third kappa shape index (κ3) is 4.84. The zero-order chi connectivity index (χ0) is 23.1. The molecule has 3 aromatic heterocycles. The monoisotopic (exact) mass is 470 g/mol. The van der Waals surface area contributed by atoms with Crippen LogP contribution in [0.2, 0.25) is 0 Å². The van der Waals surface area contributed by atoms with Gasteiger partial charge in [-0.25, -0.2) is 28.1 Å². The Balaban J connectivity index is 1.62. The summed E-state index contributed by atoms with van der Waals surface area (Å²) < 4.78 is 72.0. The van der Waals surface area contributed by atoms with Crippen molar-refractivity contribution in [2.24, 2.45) is 0 Å². The van der Waals surface area contributed by atoms with Gasteiger partial charge < -0.3 is 9.64 Å². The number of rotatable bonds is 5. The highest BCUT2D eigenvalue weighted by Gasteiger charge is 2.31. The highest BCUT2D eigenvalue weighted by molar-refractivity contribution is 7.88. The molecule has 2 atom stereocenters. The van der Waals surface area contributed by atoms with Gasteiger partial charge in [0, 0.05) is 31.5 Å². The predicted molar refractivity (Wildman–Crippen MR) is 111 cm³/mol. The SMILES string of the molecule is C[C@@H](NS(C)(=O)=O)[C@H]1CN(c2ccnc(-c3cnc4ccc(C(F)(F)F)cn34)n2)CCO1. The first-order valence-electron chi connectivity index (χ1n) is 9.73. The predicted octanol–water partition coefficient (Wildman–Crippen LogP) is 1.95. The third-order valence-corrected chi connectivity index (χ3v) is 5.88. The Kier molecular flexibility index (Phi) is 5.81. The number of aromatic nitrogens is 4. The fraction of sp³-hybridized carbons (Fsp3) is 0.421. The molecule has 1 N–H and O–H groups in total. The highest BCUT2D eigenvalue weighted by atomic mass is 32.2. The molecule has 1 fully saturated rings. The van der Waals surface area contributed by atoms with Crippen molar-refractivity contribution >= 4 is 21.5 Å². The Morgan fingerprint density at radius 3 is 2.75 bits per heavy atom. The minimum absolute atomic E-state index is 0.222. The van der Waals surface area contributed by atoms with Crippen LogP contribution in [0.5, 0.6) is 0 Å². The molecule has 0 spiro atoms. The zero-order valence-electron chi connectivity index (χ0n) is 17.2. The lowest BCUT2D eigenvalue weighted by Crippen LogP contribution is -2.52. The first-order valence-corrected chi connectivity index (χ1v) is 11.6. The van der Waals surface area contributed by atoms with E-state index in [2.05, 4.69) is 19.7 Å². The van der Waals surface area contributed by atoms with Crippen molar-refractivity contribution in [1.82, 2.24) is 24.1 Å². The van der Waals surface area contributed by atoms with E-state index in [0.29, 0.717) is 36.9 Å². The van der Waals surface area contributed by atoms with Gasteiger partial charge in [-0.05, 0) is 25.1 Å². The molecule has 1 aliphatic rings. The summed E-state index contributed by atoms with van der Waals surface area (Å²) in [6.07, 6.45) is 0.111. The van der Waals surface area contributed by atoms with Crippen LogP contribution < -0.4 is 9.62 Å². The molecule has 4 rings (SSSR count). The molecule has 172 valence electrons. The van der Waals surface area contributed by atoms with Gasteiger partial charge in [0.25, 0.3) is 0 Å². The number of hydrogen-bond donors (Lipinski definition) is 1. The van der Waals surface area contributed by atoms with E-state index in [4.69, 9.17) is 4.74 Å². The number of sulfonamides is 1. The van der Waals surface area contributed by atoms with Crippen LogP contribution in [0.4, 0.5) is 19.0 Å². The average Bonchev–Trinajstić information content (AvgIpc) is 3.15. The summed E-state index contributed by atoms with van der Waals surface area (Å²) >= 11 is 0. The molecular formula is C19H21F3N6O3S. The quantitative estimate of drug-likeness (QED) is 0.608. The number of ether oxygens (including phenoxy) is 1. The topological polar surface area (TPSA) is 102 Å². The number of anilines is 1. The summed E-state index contributed by atoms with van der Waals surface area (Å²) in [7, 11) is -3.39. The summed E-state index contributed by atoms with van der Waals surface area (Å²) in [4.78, 5) is 14.8. The number of alkyl halides is 3. The molecule has 3 aromatic rings. The summed E-state index contributed by atoms with van der Waals surface area (Å²) in [6, 6.07) is 3.50. The second-order valence-electron chi connectivity index (χ2n) is 7.56. The molecule has 0 saturated carbocycles. The van der Waals surface area contributed by atoms with Crippen LogP contribution in [0.1, 0.15) is 12.5 Å². The number of halogens is 3. The Bertz CT molecular complexity index is 1230. The number of nitrogens with zero attached hydrogens (tertiary/aromatic N) is 5. The number of fused-ring (bicyclic) bond motifs is 1. The molecule has 1 aliphatic heterocycles. The van der Waals surface area contributed by atoms with E-state index in [1.54, 1.807) is 13.0 Å². The highest BCUT2D eigenvalue weighted by Crippen LogP contribution is 2.30. The van der Waals surface area contributed by atoms with Crippen molar-refractivity contribution in [3.05, 3.63) is 42.4 Å². The molecule has 0 radical (unpaired) electrons. The molecule has 4 heterocycles. The lowest BCUT2D eigenvalue weighted by molar-refractivity contribution is -0.137. The van der Waals surface area contributed by atoms with E-state index in [9.17, 15) is 21.6 Å². The molecule has 1 saturated heterocycles. The van der Waals surface area contributed by atoms with Crippen molar-refractivity contribution in [2.75, 3.05) is 30.9 Å². The van der Waals surface area contributed by atoms with E-state index in [0.717, 1.165) is 18.5 Å². The van der Waals surface area contributed by atoms with Gasteiger partial charge in [-0.2, -0.15) is 13.2 Å². The molecule has 0 bridgehead atoms. The van der Waals surface area contributed by atoms with Crippen LogP contribution in [0.25, 0.3) is 17.2 Å². The van der Waals surface area contributed by atoms with E-state index >= 15 is 0 Å². The normalized spacial score (nSPS) is 18.8. The number of hydrogen-bond acceptors (Lipinski definition) is 7. The van der Waals surface area contributed by atoms with Crippen LogP contribution in [0.15, 0.2) is 36.8 Å². The van der Waals surface area contributed by atoms with Crippen molar-refractivity contribution in [2.45, 2.75) is 25.2 Å². The van der Waals surface area contributed by atoms with E-state index in [1.807, 2.05) is 4.90 Å². The Labute approximate surface area is 182 Å². The fourth-order valence-electron chi connectivity index (χ4n) is 3.56. The summed E-state index contributed by atoms with van der Waals surface area (Å²) in [5.41, 5.74) is -0.136. The van der Waals surface area contributed by atoms with Crippen LogP contribution in [-0.4, -0.2) is 65.9 Å². The molecule has 9 nitrogen and oxygen atoms in total. The minimum Gasteiger partial charge on any atom is -0.373 e. The Morgan fingerprint density at radius 2 is 2.03 bits per heavy atom. The van der Waals surface area contributed by atoms with Gasteiger partial charge in [0.15, 0.2) is 5.82 Å². The maximum atomic E-state index is 13.1. The van der Waals surface area contributed by atoms with Gasteiger partial charge in [0.05, 0.1) is 30.7 Å². The van der Waals surface area contributed by atoms with Gasteiger partial charge >= 0.3 is 6.18 Å². The van der Waals surface area contributed by atoms with E-state index in [-0.39, 0.29) is 5.82 Å². The fourth-order valence-corrected chi connectivity index (χ4v) is 4.39. The molecule has 0 unspecified atom stereocenters. The van der Waals surface area contributed by atoms with Gasteiger partial charge in [0.2, 0.25) is 10.0 Å². The second-order valence-corrected chi connectivity index (χ2v) is 9.34. The standard InChI is InChI=1S/C19H21F3N6O3S/c1-12(26-32(2,29)30)15-11-27(7-8-31-15)17-5-6-23-18(25-17)14-9-24-16-4-3-13(10-28(14)16)19(20,21)22/h3-6,9-10,12,15,26H,7-8,11H2,1-2H3/t12-,15-/m1/s1. The largest absolute Gasteiger partial charge is 0.417 e. The first-order chi connectivity index (χ1) is 15.0. The summed E-state index contributed by atoms with van der Waals surface area (Å²) in [6.45, 7) is 2.98. The van der Waals surface area contributed by atoms with E-state index in [1.165, 1.54) is 22.9 Å². The number of nitrogens with one attached hydrogen (secondary N) is 1. The average molecular weight is 470 g/mol. The van der Waals surface area contributed by atoms with Crippen molar-refractivity contribution in [3.8, 4) is 11.5 Å². The number of morpholine rings is 1. The van der Waals surface area contributed by atoms with Crippen LogP contribution in [0, 0.1) is 0 Å². The van der Waals surface area contributed by atoms with Gasteiger partial charge in [-0.15, -0.1) is 0 Å². The van der Waals surface area contributed by atoms with Crippen molar-refractivity contribution in [1.29, 1.82) is 0 Å². The summed E-state index contributed by atoms with van der Waals surface area (Å²) in [5.74, 6) is 0.774. The van der Waals surface area contributed by atoms with Crippen molar-refractivity contribution < 1.29 is 26.3 Å². The molecular weight excluding hydrogens is 449 g/mol. The maximum absolute atomic E-state index is 13.1. The van der Waals surface area contributed by atoms with Crippen LogP contribution >= 0.6 is 0 Å². The summed E-state index contributed by atoms with van der Waals surface area (Å²) in [5, 5.41) is 0. The number of pyridine rings is 1. The number of imidazole rings is 1.